The molecule has 6 heteroatoms. The minimum absolute atomic E-state index is 0.0815. The molecule has 3 rings (SSSR count). The van der Waals surface area contributed by atoms with Gasteiger partial charge >= 0.3 is 0 Å². The summed E-state index contributed by atoms with van der Waals surface area (Å²) in [5, 5.41) is 0.709. The largest absolute Gasteiger partial charge is 0.302 e. The standard InChI is InChI=1S/C22H33BrN4O/c1-5-9-19(26-11-8-10-25(6-2)12-13-26)21-24-20-16(4)14-17(23)15-18(20)22(28)27(21)7-3/h14-15,19H,5-13H2,1-4H3. The zero-order chi connectivity index (χ0) is 20.3. The Kier molecular flexibility index (Phi) is 7.29. The Labute approximate surface area is 176 Å². The average molecular weight is 449 g/mol. The Morgan fingerprint density at radius 1 is 1.11 bits per heavy atom. The number of rotatable bonds is 6. The molecule has 0 bridgehead atoms. The van der Waals surface area contributed by atoms with E-state index in [2.05, 4.69) is 45.6 Å². The van der Waals surface area contributed by atoms with E-state index >= 15 is 0 Å². The Balaban J connectivity index is 2.11. The molecule has 0 N–H and O–H groups in total. The highest BCUT2D eigenvalue weighted by Crippen LogP contribution is 2.28. The van der Waals surface area contributed by atoms with Gasteiger partial charge in [0.1, 0.15) is 5.82 Å². The summed E-state index contributed by atoms with van der Waals surface area (Å²) in [6, 6.07) is 4.16. The van der Waals surface area contributed by atoms with Crippen LogP contribution in [-0.2, 0) is 6.54 Å². The zero-order valence-electron chi connectivity index (χ0n) is 17.7. The summed E-state index contributed by atoms with van der Waals surface area (Å²) in [5.41, 5.74) is 1.98. The van der Waals surface area contributed by atoms with Crippen LogP contribution in [-0.4, -0.2) is 52.1 Å². The lowest BCUT2D eigenvalue weighted by atomic mass is 10.1. The molecule has 1 saturated heterocycles. The van der Waals surface area contributed by atoms with Gasteiger partial charge < -0.3 is 4.90 Å². The molecule has 1 aromatic carbocycles. The van der Waals surface area contributed by atoms with Gasteiger partial charge in [0.05, 0.1) is 16.9 Å². The Hall–Kier alpha value is -1.24. The second-order valence-electron chi connectivity index (χ2n) is 7.77. The van der Waals surface area contributed by atoms with Crippen LogP contribution in [0.15, 0.2) is 21.4 Å². The summed E-state index contributed by atoms with van der Waals surface area (Å²) in [4.78, 5) is 23.5. The molecule has 1 atom stereocenters. The lowest BCUT2D eigenvalue weighted by Crippen LogP contribution is -2.37. The number of benzene rings is 1. The minimum atomic E-state index is 0.0815. The fourth-order valence-corrected chi connectivity index (χ4v) is 4.97. The molecule has 0 spiro atoms. The number of fused-ring (bicyclic) bond motifs is 1. The van der Waals surface area contributed by atoms with Crippen molar-refractivity contribution >= 4 is 26.8 Å². The van der Waals surface area contributed by atoms with Crippen LogP contribution >= 0.6 is 15.9 Å². The highest BCUT2D eigenvalue weighted by atomic mass is 79.9. The van der Waals surface area contributed by atoms with E-state index in [4.69, 9.17) is 4.98 Å². The van der Waals surface area contributed by atoms with Crippen LogP contribution in [0.5, 0.6) is 0 Å². The van der Waals surface area contributed by atoms with Gasteiger partial charge in [0, 0.05) is 30.7 Å². The smallest absolute Gasteiger partial charge is 0.261 e. The molecule has 1 aromatic heterocycles. The van der Waals surface area contributed by atoms with Crippen molar-refractivity contribution in [3.05, 3.63) is 38.3 Å². The second-order valence-corrected chi connectivity index (χ2v) is 8.68. The predicted molar refractivity (Wildman–Crippen MR) is 120 cm³/mol. The van der Waals surface area contributed by atoms with Crippen molar-refractivity contribution in [2.75, 3.05) is 32.7 Å². The van der Waals surface area contributed by atoms with Gasteiger partial charge in [-0.1, -0.05) is 36.2 Å². The fourth-order valence-electron chi connectivity index (χ4n) is 4.40. The van der Waals surface area contributed by atoms with Crippen LogP contribution < -0.4 is 5.56 Å². The molecule has 0 amide bonds. The average Bonchev–Trinajstić information content (AvgIpc) is 2.92. The topological polar surface area (TPSA) is 41.4 Å². The second kappa shape index (κ2) is 9.51. The summed E-state index contributed by atoms with van der Waals surface area (Å²) in [5.74, 6) is 0.942. The molecular weight excluding hydrogens is 416 g/mol. The number of hydrogen-bond donors (Lipinski definition) is 0. The number of halogens is 1. The molecule has 1 fully saturated rings. The van der Waals surface area contributed by atoms with E-state index in [0.717, 1.165) is 66.9 Å². The van der Waals surface area contributed by atoms with Gasteiger partial charge in [0.25, 0.3) is 5.56 Å². The lowest BCUT2D eigenvalue weighted by molar-refractivity contribution is 0.177. The first-order valence-electron chi connectivity index (χ1n) is 10.7. The lowest BCUT2D eigenvalue weighted by Gasteiger charge is -2.31. The first-order valence-corrected chi connectivity index (χ1v) is 11.5. The molecular formula is C22H33BrN4O. The van der Waals surface area contributed by atoms with Gasteiger partial charge in [-0.2, -0.15) is 0 Å². The van der Waals surface area contributed by atoms with Crippen LogP contribution in [0.1, 0.15) is 57.5 Å². The molecule has 1 aliphatic rings. The first kappa shape index (κ1) is 21.5. The number of hydrogen-bond acceptors (Lipinski definition) is 4. The molecule has 2 aromatic rings. The number of likely N-dealkylation sites (N-methyl/N-ethyl adjacent to an activating group) is 1. The number of nitrogens with zero attached hydrogens (tertiary/aromatic N) is 4. The van der Waals surface area contributed by atoms with Gasteiger partial charge in [0.15, 0.2) is 0 Å². The monoisotopic (exact) mass is 448 g/mol. The van der Waals surface area contributed by atoms with E-state index in [1.165, 1.54) is 6.42 Å². The summed E-state index contributed by atoms with van der Waals surface area (Å²) in [6.07, 6.45) is 3.28. The maximum absolute atomic E-state index is 13.3. The van der Waals surface area contributed by atoms with Crippen LogP contribution in [0.25, 0.3) is 10.9 Å². The maximum Gasteiger partial charge on any atom is 0.261 e. The third kappa shape index (κ3) is 4.34. The van der Waals surface area contributed by atoms with E-state index in [9.17, 15) is 4.79 Å². The molecule has 154 valence electrons. The van der Waals surface area contributed by atoms with E-state index in [-0.39, 0.29) is 11.6 Å². The maximum atomic E-state index is 13.3. The van der Waals surface area contributed by atoms with E-state index in [1.807, 2.05) is 24.5 Å². The van der Waals surface area contributed by atoms with Crippen molar-refractivity contribution in [2.45, 2.75) is 59.5 Å². The van der Waals surface area contributed by atoms with E-state index < -0.39 is 0 Å². The molecule has 2 heterocycles. The van der Waals surface area contributed by atoms with Gasteiger partial charge in [0.2, 0.25) is 0 Å². The number of aryl methyl sites for hydroxylation is 1. The van der Waals surface area contributed by atoms with Crippen molar-refractivity contribution in [1.29, 1.82) is 0 Å². The summed E-state index contributed by atoms with van der Waals surface area (Å²) >= 11 is 3.53. The van der Waals surface area contributed by atoms with Crippen LogP contribution in [0.2, 0.25) is 0 Å². The van der Waals surface area contributed by atoms with Gasteiger partial charge in [-0.15, -0.1) is 0 Å². The summed E-state index contributed by atoms with van der Waals surface area (Å²) in [6.45, 7) is 14.7. The minimum Gasteiger partial charge on any atom is -0.302 e. The highest BCUT2D eigenvalue weighted by Gasteiger charge is 2.27. The van der Waals surface area contributed by atoms with E-state index in [0.29, 0.717) is 11.9 Å². The predicted octanol–water partition coefficient (Wildman–Crippen LogP) is 4.36. The molecule has 5 nitrogen and oxygen atoms in total. The van der Waals surface area contributed by atoms with Crippen molar-refractivity contribution in [1.82, 2.24) is 19.4 Å². The van der Waals surface area contributed by atoms with Gasteiger partial charge in [-0.25, -0.2) is 4.98 Å². The van der Waals surface area contributed by atoms with Gasteiger partial charge in [-0.05, 0) is 57.5 Å². The molecule has 0 saturated carbocycles. The fraction of sp³-hybridized carbons (Fsp3) is 0.636. The summed E-state index contributed by atoms with van der Waals surface area (Å²) < 4.78 is 2.83. The van der Waals surface area contributed by atoms with Crippen LogP contribution in [0.3, 0.4) is 0 Å². The third-order valence-electron chi connectivity index (χ3n) is 5.93. The molecule has 0 aliphatic carbocycles. The van der Waals surface area contributed by atoms with E-state index in [1.54, 1.807) is 0 Å². The molecule has 1 unspecified atom stereocenters. The van der Waals surface area contributed by atoms with Crippen molar-refractivity contribution in [3.8, 4) is 0 Å². The Bertz CT molecular complexity index is 879. The molecule has 28 heavy (non-hydrogen) atoms. The van der Waals surface area contributed by atoms with Crippen molar-refractivity contribution in [2.24, 2.45) is 0 Å². The Morgan fingerprint density at radius 2 is 1.89 bits per heavy atom. The van der Waals surface area contributed by atoms with Crippen LogP contribution in [0, 0.1) is 6.92 Å². The quantitative estimate of drug-likeness (QED) is 0.658. The van der Waals surface area contributed by atoms with Crippen molar-refractivity contribution < 1.29 is 0 Å². The molecule has 1 aliphatic heterocycles. The van der Waals surface area contributed by atoms with Gasteiger partial charge in [-0.3, -0.25) is 14.3 Å². The zero-order valence-corrected chi connectivity index (χ0v) is 19.3. The summed E-state index contributed by atoms with van der Waals surface area (Å²) in [7, 11) is 0. The van der Waals surface area contributed by atoms with Crippen molar-refractivity contribution in [3.63, 3.8) is 0 Å². The SMILES string of the molecule is CCCC(c1nc2c(C)cc(Br)cc2c(=O)n1CC)N1CCCN(CC)CC1. The first-order chi connectivity index (χ1) is 13.5. The Morgan fingerprint density at radius 3 is 2.57 bits per heavy atom. The normalized spacial score (nSPS) is 17.8. The van der Waals surface area contributed by atoms with Crippen LogP contribution in [0.4, 0.5) is 0 Å². The third-order valence-corrected chi connectivity index (χ3v) is 6.39. The highest BCUT2D eigenvalue weighted by molar-refractivity contribution is 9.10. The molecule has 0 radical (unpaired) electrons. The number of aromatic nitrogens is 2.